The zero-order valence-electron chi connectivity index (χ0n) is 8.53. The average molecular weight is 284 g/mol. The number of ether oxygens (including phenoxy) is 2. The third-order valence-electron chi connectivity index (χ3n) is 2.81. The highest BCUT2D eigenvalue weighted by Gasteiger charge is 2.26. The SMILES string of the molecule is O=C1CCCN1c1cc2c(cc1Br)OCO2. The third kappa shape index (κ3) is 1.46. The molecule has 0 radical (unpaired) electrons. The summed E-state index contributed by atoms with van der Waals surface area (Å²) < 4.78 is 11.4. The Morgan fingerprint density at radius 2 is 2.00 bits per heavy atom. The molecule has 4 nitrogen and oxygen atoms in total. The lowest BCUT2D eigenvalue weighted by molar-refractivity contribution is -0.117. The summed E-state index contributed by atoms with van der Waals surface area (Å²) in [6.45, 7) is 1.02. The Morgan fingerprint density at radius 3 is 2.69 bits per heavy atom. The Kier molecular flexibility index (Phi) is 2.28. The molecule has 1 saturated heterocycles. The Morgan fingerprint density at radius 1 is 1.25 bits per heavy atom. The van der Waals surface area contributed by atoms with Crippen LogP contribution in [-0.4, -0.2) is 19.2 Å². The molecule has 84 valence electrons. The van der Waals surface area contributed by atoms with Gasteiger partial charge in [-0.25, -0.2) is 0 Å². The van der Waals surface area contributed by atoms with Gasteiger partial charge in [0.15, 0.2) is 11.5 Å². The summed E-state index contributed by atoms with van der Waals surface area (Å²) >= 11 is 3.46. The highest BCUT2D eigenvalue weighted by Crippen LogP contribution is 2.41. The number of carbonyl (C=O) groups excluding carboxylic acids is 1. The minimum atomic E-state index is 0.166. The molecule has 0 spiro atoms. The number of benzene rings is 1. The molecule has 2 aliphatic rings. The molecule has 2 aliphatic heterocycles. The fourth-order valence-corrected chi connectivity index (χ4v) is 2.55. The second kappa shape index (κ2) is 3.66. The summed E-state index contributed by atoms with van der Waals surface area (Å²) in [7, 11) is 0. The van der Waals surface area contributed by atoms with Gasteiger partial charge >= 0.3 is 0 Å². The van der Waals surface area contributed by atoms with E-state index >= 15 is 0 Å². The van der Waals surface area contributed by atoms with Gasteiger partial charge in [-0.3, -0.25) is 4.79 Å². The maximum Gasteiger partial charge on any atom is 0.231 e. The predicted molar refractivity (Wildman–Crippen MR) is 61.9 cm³/mol. The van der Waals surface area contributed by atoms with E-state index in [0.717, 1.165) is 28.9 Å². The zero-order valence-corrected chi connectivity index (χ0v) is 10.1. The van der Waals surface area contributed by atoms with E-state index in [1.54, 1.807) is 4.90 Å². The van der Waals surface area contributed by atoms with Gasteiger partial charge < -0.3 is 14.4 Å². The maximum absolute atomic E-state index is 11.7. The van der Waals surface area contributed by atoms with Crippen molar-refractivity contribution in [2.75, 3.05) is 18.2 Å². The van der Waals surface area contributed by atoms with Crippen LogP contribution in [0.5, 0.6) is 11.5 Å². The van der Waals surface area contributed by atoms with Crippen LogP contribution in [0.4, 0.5) is 5.69 Å². The van der Waals surface area contributed by atoms with E-state index in [0.29, 0.717) is 12.2 Å². The largest absolute Gasteiger partial charge is 0.454 e. The average Bonchev–Trinajstić information content (AvgIpc) is 2.85. The van der Waals surface area contributed by atoms with Crippen molar-refractivity contribution >= 4 is 27.5 Å². The second-order valence-electron chi connectivity index (χ2n) is 3.81. The third-order valence-corrected chi connectivity index (χ3v) is 3.44. The molecule has 3 rings (SSSR count). The summed E-state index contributed by atoms with van der Waals surface area (Å²) in [5, 5.41) is 0. The van der Waals surface area contributed by atoms with Crippen molar-refractivity contribution in [3.05, 3.63) is 16.6 Å². The number of hydrogen-bond acceptors (Lipinski definition) is 3. The standard InChI is InChI=1S/C11H10BrNO3/c12-7-4-9-10(16-6-15-9)5-8(7)13-3-1-2-11(13)14/h4-5H,1-3,6H2. The van der Waals surface area contributed by atoms with Gasteiger partial charge in [0.2, 0.25) is 12.7 Å². The monoisotopic (exact) mass is 283 g/mol. The molecule has 0 atom stereocenters. The number of rotatable bonds is 1. The summed E-state index contributed by atoms with van der Waals surface area (Å²) in [4.78, 5) is 13.4. The number of fused-ring (bicyclic) bond motifs is 1. The van der Waals surface area contributed by atoms with Gasteiger partial charge in [-0.2, -0.15) is 0 Å². The molecule has 0 N–H and O–H groups in total. The van der Waals surface area contributed by atoms with Crippen LogP contribution in [0.3, 0.4) is 0 Å². The van der Waals surface area contributed by atoms with Crippen LogP contribution >= 0.6 is 15.9 Å². The molecule has 1 aromatic rings. The smallest absolute Gasteiger partial charge is 0.231 e. The van der Waals surface area contributed by atoms with Crippen LogP contribution in [0.1, 0.15) is 12.8 Å². The minimum absolute atomic E-state index is 0.166. The van der Waals surface area contributed by atoms with Crippen LogP contribution in [0.2, 0.25) is 0 Å². The van der Waals surface area contributed by atoms with Crippen molar-refractivity contribution in [2.24, 2.45) is 0 Å². The summed E-state index contributed by atoms with van der Waals surface area (Å²) in [5.41, 5.74) is 0.867. The molecule has 5 heteroatoms. The number of carbonyl (C=O) groups is 1. The summed E-state index contributed by atoms with van der Waals surface area (Å²) in [6.07, 6.45) is 1.54. The molecule has 16 heavy (non-hydrogen) atoms. The molecule has 1 aromatic carbocycles. The maximum atomic E-state index is 11.7. The van der Waals surface area contributed by atoms with Crippen molar-refractivity contribution in [2.45, 2.75) is 12.8 Å². The normalized spacial score (nSPS) is 18.3. The summed E-state index contributed by atoms with van der Waals surface area (Å²) in [5.74, 6) is 1.60. The first-order valence-corrected chi connectivity index (χ1v) is 5.94. The molecule has 0 bridgehead atoms. The molecule has 0 aromatic heterocycles. The number of nitrogens with zero attached hydrogens (tertiary/aromatic N) is 1. The van der Waals surface area contributed by atoms with Crippen molar-refractivity contribution in [1.82, 2.24) is 0 Å². The van der Waals surface area contributed by atoms with Gasteiger partial charge in [0.1, 0.15) is 0 Å². The molecule has 0 saturated carbocycles. The fraction of sp³-hybridized carbons (Fsp3) is 0.364. The molecular weight excluding hydrogens is 274 g/mol. The van der Waals surface area contributed by atoms with Crippen molar-refractivity contribution in [3.63, 3.8) is 0 Å². The molecule has 0 unspecified atom stereocenters. The van der Waals surface area contributed by atoms with Gasteiger partial charge in [0.25, 0.3) is 0 Å². The van der Waals surface area contributed by atoms with Crippen LogP contribution in [0, 0.1) is 0 Å². The number of anilines is 1. The first-order chi connectivity index (χ1) is 7.75. The topological polar surface area (TPSA) is 38.8 Å². The fourth-order valence-electron chi connectivity index (χ4n) is 2.02. The Bertz CT molecular complexity index is 461. The van der Waals surface area contributed by atoms with Crippen molar-refractivity contribution in [3.8, 4) is 11.5 Å². The highest BCUT2D eigenvalue weighted by molar-refractivity contribution is 9.10. The molecule has 1 amide bonds. The number of amides is 1. The zero-order chi connectivity index (χ0) is 11.1. The van der Waals surface area contributed by atoms with E-state index < -0.39 is 0 Å². The van der Waals surface area contributed by atoms with Crippen LogP contribution < -0.4 is 14.4 Å². The molecule has 1 fully saturated rings. The van der Waals surface area contributed by atoms with E-state index in [2.05, 4.69) is 15.9 Å². The first-order valence-electron chi connectivity index (χ1n) is 5.15. The summed E-state index contributed by atoms with van der Waals surface area (Å²) in [6, 6.07) is 3.71. The number of hydrogen-bond donors (Lipinski definition) is 0. The van der Waals surface area contributed by atoms with E-state index in [1.165, 1.54) is 0 Å². The second-order valence-corrected chi connectivity index (χ2v) is 4.66. The van der Waals surface area contributed by atoms with Crippen LogP contribution in [-0.2, 0) is 4.79 Å². The van der Waals surface area contributed by atoms with Crippen LogP contribution in [0.15, 0.2) is 16.6 Å². The van der Waals surface area contributed by atoms with E-state index in [1.807, 2.05) is 12.1 Å². The minimum Gasteiger partial charge on any atom is -0.454 e. The molecule has 0 aliphatic carbocycles. The Hall–Kier alpha value is -1.23. The first kappa shape index (κ1) is 9.96. The van der Waals surface area contributed by atoms with Crippen LogP contribution in [0.25, 0.3) is 0 Å². The lowest BCUT2D eigenvalue weighted by Crippen LogP contribution is -2.23. The van der Waals surface area contributed by atoms with Gasteiger partial charge in [0.05, 0.1) is 5.69 Å². The van der Waals surface area contributed by atoms with Crippen molar-refractivity contribution in [1.29, 1.82) is 0 Å². The Balaban J connectivity index is 2.04. The van der Waals surface area contributed by atoms with Crippen molar-refractivity contribution < 1.29 is 14.3 Å². The quantitative estimate of drug-likeness (QED) is 0.794. The van der Waals surface area contributed by atoms with E-state index in [9.17, 15) is 4.79 Å². The lowest BCUT2D eigenvalue weighted by Gasteiger charge is -2.17. The lowest BCUT2D eigenvalue weighted by atomic mass is 10.2. The van der Waals surface area contributed by atoms with Gasteiger partial charge in [-0.05, 0) is 22.4 Å². The van der Waals surface area contributed by atoms with E-state index in [-0.39, 0.29) is 12.7 Å². The predicted octanol–water partition coefficient (Wildman–Crippen LogP) is 2.30. The van der Waals surface area contributed by atoms with E-state index in [4.69, 9.17) is 9.47 Å². The molecule has 2 heterocycles. The van der Waals surface area contributed by atoms with Gasteiger partial charge in [-0.1, -0.05) is 0 Å². The van der Waals surface area contributed by atoms with Gasteiger partial charge in [-0.15, -0.1) is 0 Å². The molecular formula is C11H10BrNO3. The highest BCUT2D eigenvalue weighted by atomic mass is 79.9. The number of halogens is 1. The van der Waals surface area contributed by atoms with Gasteiger partial charge in [0, 0.05) is 29.6 Å². The Labute approximate surface area is 101 Å².